The number of aromatic amines is 1. The summed E-state index contributed by atoms with van der Waals surface area (Å²) in [6.07, 6.45) is 0.576. The number of rotatable bonds is 3. The molecule has 0 aliphatic rings. The van der Waals surface area contributed by atoms with Gasteiger partial charge < -0.3 is 15.3 Å². The van der Waals surface area contributed by atoms with E-state index in [-0.39, 0.29) is 5.84 Å². The summed E-state index contributed by atoms with van der Waals surface area (Å²) < 4.78 is 2.02. The van der Waals surface area contributed by atoms with Gasteiger partial charge in [-0.1, -0.05) is 11.6 Å². The molecule has 4 N–H and O–H groups in total. The van der Waals surface area contributed by atoms with Crippen molar-refractivity contribution in [1.29, 1.82) is 5.41 Å². The van der Waals surface area contributed by atoms with Crippen LogP contribution in [0.25, 0.3) is 22.1 Å². The summed E-state index contributed by atoms with van der Waals surface area (Å²) in [4.78, 5) is 12.5. The number of aryl methyl sites for hydroxylation is 1. The number of hydrogen-bond donors (Lipinski definition) is 3. The summed E-state index contributed by atoms with van der Waals surface area (Å²) >= 11 is 6.07. The highest BCUT2D eigenvalue weighted by atomic mass is 35.5. The summed E-state index contributed by atoms with van der Waals surface area (Å²) in [5.41, 5.74) is 9.80. The van der Waals surface area contributed by atoms with E-state index in [0.717, 1.165) is 33.7 Å². The Bertz CT molecular complexity index is 1090. The SMILES string of the molecule is Cn1c(Cc2nc3cc(C(=N)N)ccc3[nH]2)nc2ccc(Cl)cc21. The molecule has 4 rings (SSSR count). The molecular formula is C17H15ClN6. The zero-order chi connectivity index (χ0) is 16.8. The molecule has 4 aromatic rings. The number of imidazole rings is 2. The van der Waals surface area contributed by atoms with Crippen LogP contribution in [0, 0.1) is 5.41 Å². The van der Waals surface area contributed by atoms with Crippen LogP contribution >= 0.6 is 11.6 Å². The first-order valence-electron chi connectivity index (χ1n) is 7.45. The molecule has 2 aromatic heterocycles. The molecule has 0 amide bonds. The minimum atomic E-state index is 0.0358. The average molecular weight is 339 g/mol. The number of aromatic nitrogens is 4. The summed E-state index contributed by atoms with van der Waals surface area (Å²) in [6.45, 7) is 0. The molecule has 120 valence electrons. The smallest absolute Gasteiger partial charge is 0.122 e. The Labute approximate surface area is 142 Å². The molecule has 0 atom stereocenters. The van der Waals surface area contributed by atoms with Gasteiger partial charge in [-0.05, 0) is 36.4 Å². The predicted molar refractivity (Wildman–Crippen MR) is 95.6 cm³/mol. The normalized spacial score (nSPS) is 11.4. The maximum Gasteiger partial charge on any atom is 0.122 e. The first-order chi connectivity index (χ1) is 11.5. The third-order valence-corrected chi connectivity index (χ3v) is 4.34. The number of amidine groups is 1. The molecule has 2 heterocycles. The molecule has 6 nitrogen and oxygen atoms in total. The van der Waals surface area contributed by atoms with Gasteiger partial charge in [-0.3, -0.25) is 5.41 Å². The fourth-order valence-electron chi connectivity index (χ4n) is 2.83. The Hall–Kier alpha value is -2.86. The second-order valence-electron chi connectivity index (χ2n) is 5.73. The van der Waals surface area contributed by atoms with Crippen LogP contribution in [0.4, 0.5) is 0 Å². The largest absolute Gasteiger partial charge is 0.384 e. The summed E-state index contributed by atoms with van der Waals surface area (Å²) in [5, 5.41) is 8.21. The van der Waals surface area contributed by atoms with Crippen LogP contribution in [-0.2, 0) is 13.5 Å². The van der Waals surface area contributed by atoms with E-state index in [0.29, 0.717) is 17.0 Å². The van der Waals surface area contributed by atoms with Gasteiger partial charge in [-0.15, -0.1) is 0 Å². The highest BCUT2D eigenvalue weighted by Crippen LogP contribution is 2.21. The third-order valence-electron chi connectivity index (χ3n) is 4.10. The summed E-state index contributed by atoms with van der Waals surface area (Å²) in [5.74, 6) is 1.75. The van der Waals surface area contributed by atoms with Crippen LogP contribution in [0.3, 0.4) is 0 Å². The number of H-pyrrole nitrogens is 1. The van der Waals surface area contributed by atoms with Gasteiger partial charge in [0.05, 0.1) is 28.5 Å². The molecule has 0 saturated carbocycles. The monoisotopic (exact) mass is 338 g/mol. The third kappa shape index (κ3) is 2.41. The van der Waals surface area contributed by atoms with Gasteiger partial charge in [0.1, 0.15) is 17.5 Å². The molecule has 0 unspecified atom stereocenters. The number of benzene rings is 2. The van der Waals surface area contributed by atoms with Crippen molar-refractivity contribution in [2.24, 2.45) is 12.8 Å². The van der Waals surface area contributed by atoms with E-state index < -0.39 is 0 Å². The van der Waals surface area contributed by atoms with Crippen LogP contribution in [0.2, 0.25) is 5.02 Å². The number of nitrogens with one attached hydrogen (secondary N) is 2. The zero-order valence-electron chi connectivity index (χ0n) is 13.0. The Morgan fingerprint density at radius 2 is 2.04 bits per heavy atom. The first-order valence-corrected chi connectivity index (χ1v) is 7.83. The first kappa shape index (κ1) is 14.7. The topological polar surface area (TPSA) is 96.4 Å². The van der Waals surface area contributed by atoms with Gasteiger partial charge >= 0.3 is 0 Å². The van der Waals surface area contributed by atoms with E-state index in [1.54, 1.807) is 0 Å². The Morgan fingerprint density at radius 3 is 2.83 bits per heavy atom. The fourth-order valence-corrected chi connectivity index (χ4v) is 3.00. The van der Waals surface area contributed by atoms with E-state index in [9.17, 15) is 0 Å². The van der Waals surface area contributed by atoms with Gasteiger partial charge in [0.2, 0.25) is 0 Å². The molecule has 0 radical (unpaired) electrons. The van der Waals surface area contributed by atoms with Gasteiger partial charge in [0.15, 0.2) is 0 Å². The Kier molecular flexibility index (Phi) is 3.28. The molecular weight excluding hydrogens is 324 g/mol. The molecule has 0 bridgehead atoms. The molecule has 0 saturated heterocycles. The number of nitrogens with two attached hydrogens (primary N) is 1. The maximum absolute atomic E-state index is 7.52. The second kappa shape index (κ2) is 5.35. The number of nitrogens with zero attached hydrogens (tertiary/aromatic N) is 3. The number of halogens is 1. The van der Waals surface area contributed by atoms with Gasteiger partial charge in [0, 0.05) is 17.6 Å². The van der Waals surface area contributed by atoms with Crippen molar-refractivity contribution in [3.8, 4) is 0 Å². The van der Waals surface area contributed by atoms with Crippen molar-refractivity contribution in [3.63, 3.8) is 0 Å². The minimum Gasteiger partial charge on any atom is -0.384 e. The highest BCUT2D eigenvalue weighted by molar-refractivity contribution is 6.31. The van der Waals surface area contributed by atoms with E-state index in [4.69, 9.17) is 22.7 Å². The van der Waals surface area contributed by atoms with Gasteiger partial charge in [-0.2, -0.15) is 0 Å². The minimum absolute atomic E-state index is 0.0358. The van der Waals surface area contributed by atoms with E-state index in [1.807, 2.05) is 48.0 Å². The van der Waals surface area contributed by atoms with Crippen molar-refractivity contribution in [1.82, 2.24) is 19.5 Å². The molecule has 2 aromatic carbocycles. The number of nitrogen functional groups attached to an aromatic ring is 1. The van der Waals surface area contributed by atoms with Crippen LogP contribution in [0.5, 0.6) is 0 Å². The van der Waals surface area contributed by atoms with Crippen molar-refractivity contribution in [2.75, 3.05) is 0 Å². The van der Waals surface area contributed by atoms with Crippen LogP contribution in [0.15, 0.2) is 36.4 Å². The van der Waals surface area contributed by atoms with Crippen molar-refractivity contribution in [3.05, 3.63) is 58.6 Å². The highest BCUT2D eigenvalue weighted by Gasteiger charge is 2.12. The lowest BCUT2D eigenvalue weighted by Crippen LogP contribution is -2.10. The maximum atomic E-state index is 7.52. The number of hydrogen-bond acceptors (Lipinski definition) is 3. The zero-order valence-corrected chi connectivity index (χ0v) is 13.7. The summed E-state index contributed by atoms with van der Waals surface area (Å²) in [7, 11) is 1.97. The van der Waals surface area contributed by atoms with Gasteiger partial charge in [0.25, 0.3) is 0 Å². The lowest BCUT2D eigenvalue weighted by atomic mass is 10.2. The van der Waals surface area contributed by atoms with Crippen molar-refractivity contribution < 1.29 is 0 Å². The fraction of sp³-hybridized carbons (Fsp3) is 0.118. The Morgan fingerprint density at radius 1 is 1.21 bits per heavy atom. The lowest BCUT2D eigenvalue weighted by Gasteiger charge is -2.00. The van der Waals surface area contributed by atoms with E-state index in [1.165, 1.54) is 0 Å². The predicted octanol–water partition coefficient (Wildman–Crippen LogP) is 2.98. The van der Waals surface area contributed by atoms with Crippen LogP contribution in [-0.4, -0.2) is 25.4 Å². The molecule has 0 spiro atoms. The molecule has 24 heavy (non-hydrogen) atoms. The Balaban J connectivity index is 1.74. The standard InChI is InChI=1S/C17H15ClN6/c1-24-14-7-10(18)3-5-12(14)23-16(24)8-15-21-11-4-2-9(17(19)20)6-13(11)22-15/h2-7H,8H2,1H3,(H3,19,20)(H,21,22). The van der Waals surface area contributed by atoms with Gasteiger partial charge in [-0.25, -0.2) is 9.97 Å². The van der Waals surface area contributed by atoms with Crippen molar-refractivity contribution >= 4 is 39.5 Å². The van der Waals surface area contributed by atoms with Crippen LogP contribution < -0.4 is 5.73 Å². The number of fused-ring (bicyclic) bond motifs is 2. The van der Waals surface area contributed by atoms with E-state index >= 15 is 0 Å². The molecule has 0 fully saturated rings. The van der Waals surface area contributed by atoms with Crippen LogP contribution in [0.1, 0.15) is 17.2 Å². The molecule has 7 heteroatoms. The molecule has 0 aliphatic carbocycles. The molecule has 0 aliphatic heterocycles. The van der Waals surface area contributed by atoms with E-state index in [2.05, 4.69) is 15.0 Å². The average Bonchev–Trinajstić information content (AvgIpc) is 3.08. The lowest BCUT2D eigenvalue weighted by molar-refractivity contribution is 0.824. The summed E-state index contributed by atoms with van der Waals surface area (Å²) in [6, 6.07) is 11.2. The van der Waals surface area contributed by atoms with Crippen molar-refractivity contribution in [2.45, 2.75) is 6.42 Å². The second-order valence-corrected chi connectivity index (χ2v) is 6.16. The quantitative estimate of drug-likeness (QED) is 0.396.